The van der Waals surface area contributed by atoms with E-state index in [1.54, 1.807) is 19.1 Å². The lowest BCUT2D eigenvalue weighted by molar-refractivity contribution is -0.142. The summed E-state index contributed by atoms with van der Waals surface area (Å²) in [5, 5.41) is 9.02. The van der Waals surface area contributed by atoms with Crippen molar-refractivity contribution in [1.82, 2.24) is 4.31 Å². The molecule has 0 aliphatic carbocycles. The van der Waals surface area contributed by atoms with Crippen LogP contribution < -0.4 is 0 Å². The zero-order valence-corrected chi connectivity index (χ0v) is 11.8. The summed E-state index contributed by atoms with van der Waals surface area (Å²) >= 11 is 1.22. The van der Waals surface area contributed by atoms with Gasteiger partial charge in [0.05, 0.1) is 5.92 Å². The molecule has 5 nitrogen and oxygen atoms in total. The predicted molar refractivity (Wildman–Crippen MR) is 68.1 cm³/mol. The van der Waals surface area contributed by atoms with Crippen molar-refractivity contribution in [3.8, 4) is 0 Å². The van der Waals surface area contributed by atoms with Gasteiger partial charge in [-0.15, -0.1) is 11.3 Å². The zero-order valence-electron chi connectivity index (χ0n) is 10.2. The predicted octanol–water partition coefficient (Wildman–Crippen LogP) is 1.40. The van der Waals surface area contributed by atoms with E-state index in [9.17, 15) is 13.2 Å². The standard InChI is InChI=1S/C11H15NO4S2/c1-7-5-12(6-9(7)11(13)14)18(15,16)10-4-3-8(2)17-10/h3-4,7,9H,5-6H2,1-2H3,(H,13,14). The minimum atomic E-state index is -3.53. The first kappa shape index (κ1) is 13.5. The van der Waals surface area contributed by atoms with E-state index in [1.165, 1.54) is 15.6 Å². The first-order valence-corrected chi connectivity index (χ1v) is 7.87. The van der Waals surface area contributed by atoms with E-state index in [0.29, 0.717) is 4.21 Å². The highest BCUT2D eigenvalue weighted by Crippen LogP contribution is 2.31. The van der Waals surface area contributed by atoms with Crippen LogP contribution in [0.25, 0.3) is 0 Å². The lowest BCUT2D eigenvalue weighted by Gasteiger charge is -2.14. The second-order valence-corrected chi connectivity index (χ2v) is 8.06. The average molecular weight is 289 g/mol. The van der Waals surface area contributed by atoms with Crippen LogP contribution in [-0.4, -0.2) is 36.9 Å². The maximum atomic E-state index is 12.3. The van der Waals surface area contributed by atoms with Gasteiger partial charge in [-0.05, 0) is 25.0 Å². The summed E-state index contributed by atoms with van der Waals surface area (Å²) in [6.07, 6.45) is 0. The largest absolute Gasteiger partial charge is 0.481 e. The third kappa shape index (κ3) is 2.30. The summed E-state index contributed by atoms with van der Waals surface area (Å²) in [6, 6.07) is 3.33. The molecule has 1 aliphatic rings. The quantitative estimate of drug-likeness (QED) is 0.912. The Morgan fingerprint density at radius 2 is 2.11 bits per heavy atom. The molecular weight excluding hydrogens is 274 g/mol. The zero-order chi connectivity index (χ0) is 13.5. The monoisotopic (exact) mass is 289 g/mol. The van der Waals surface area contributed by atoms with Gasteiger partial charge in [0.1, 0.15) is 4.21 Å². The molecule has 1 aliphatic heterocycles. The maximum Gasteiger partial charge on any atom is 0.308 e. The topological polar surface area (TPSA) is 74.7 Å². The Kier molecular flexibility index (Phi) is 3.48. The number of carboxylic acids is 1. The van der Waals surface area contributed by atoms with E-state index in [1.807, 2.05) is 6.92 Å². The smallest absolute Gasteiger partial charge is 0.308 e. The second kappa shape index (κ2) is 4.64. The molecule has 1 N–H and O–H groups in total. The van der Waals surface area contributed by atoms with Gasteiger partial charge in [0.25, 0.3) is 10.0 Å². The van der Waals surface area contributed by atoms with Gasteiger partial charge in [0.15, 0.2) is 0 Å². The number of nitrogens with zero attached hydrogens (tertiary/aromatic N) is 1. The molecule has 0 amide bonds. The van der Waals surface area contributed by atoms with Crippen LogP contribution in [0.3, 0.4) is 0 Å². The number of aliphatic carboxylic acids is 1. The lowest BCUT2D eigenvalue weighted by atomic mass is 9.99. The normalized spacial score (nSPS) is 25.4. The third-order valence-electron chi connectivity index (χ3n) is 3.21. The maximum absolute atomic E-state index is 12.3. The molecular formula is C11H15NO4S2. The fourth-order valence-corrected chi connectivity index (χ4v) is 5.12. The molecule has 18 heavy (non-hydrogen) atoms. The van der Waals surface area contributed by atoms with E-state index >= 15 is 0 Å². The van der Waals surface area contributed by atoms with Crippen molar-refractivity contribution in [2.75, 3.05) is 13.1 Å². The van der Waals surface area contributed by atoms with Crippen molar-refractivity contribution in [3.63, 3.8) is 0 Å². The summed E-state index contributed by atoms with van der Waals surface area (Å²) in [5.41, 5.74) is 0. The van der Waals surface area contributed by atoms with Crippen molar-refractivity contribution in [1.29, 1.82) is 0 Å². The fourth-order valence-electron chi connectivity index (χ4n) is 2.12. The number of carboxylic acid groups (broad SMARTS) is 1. The van der Waals surface area contributed by atoms with Crippen molar-refractivity contribution >= 4 is 27.3 Å². The van der Waals surface area contributed by atoms with Crippen molar-refractivity contribution in [2.45, 2.75) is 18.1 Å². The van der Waals surface area contributed by atoms with Gasteiger partial charge >= 0.3 is 5.97 Å². The highest BCUT2D eigenvalue weighted by Gasteiger charge is 2.41. The van der Waals surface area contributed by atoms with E-state index in [0.717, 1.165) is 4.88 Å². The summed E-state index contributed by atoms with van der Waals surface area (Å²) in [6.45, 7) is 3.95. The number of carbonyl (C=O) groups is 1. The Morgan fingerprint density at radius 1 is 1.44 bits per heavy atom. The molecule has 1 fully saturated rings. The van der Waals surface area contributed by atoms with E-state index in [4.69, 9.17) is 5.11 Å². The van der Waals surface area contributed by atoms with Gasteiger partial charge in [-0.25, -0.2) is 8.42 Å². The average Bonchev–Trinajstić information content (AvgIpc) is 2.84. The van der Waals surface area contributed by atoms with Crippen LogP contribution in [0.1, 0.15) is 11.8 Å². The summed E-state index contributed by atoms with van der Waals surface area (Å²) in [4.78, 5) is 11.9. The molecule has 2 unspecified atom stereocenters. The molecule has 2 heterocycles. The minimum Gasteiger partial charge on any atom is -0.481 e. The molecule has 2 atom stereocenters. The molecule has 0 spiro atoms. The number of thiophene rings is 1. The van der Waals surface area contributed by atoms with Gasteiger partial charge in [-0.3, -0.25) is 4.79 Å². The first-order valence-electron chi connectivity index (χ1n) is 5.62. The van der Waals surface area contributed by atoms with Crippen LogP contribution >= 0.6 is 11.3 Å². The Labute approximate surface area is 110 Å². The number of aryl methyl sites for hydroxylation is 1. The van der Waals surface area contributed by atoms with Gasteiger partial charge in [-0.2, -0.15) is 4.31 Å². The molecule has 1 saturated heterocycles. The minimum absolute atomic E-state index is 0.0653. The van der Waals surface area contributed by atoms with Crippen LogP contribution in [0.15, 0.2) is 16.3 Å². The molecule has 0 radical (unpaired) electrons. The Bertz CT molecular complexity index is 563. The van der Waals surface area contributed by atoms with E-state index in [2.05, 4.69) is 0 Å². The Morgan fingerprint density at radius 3 is 2.56 bits per heavy atom. The molecule has 2 rings (SSSR count). The lowest BCUT2D eigenvalue weighted by Crippen LogP contribution is -2.29. The van der Waals surface area contributed by atoms with Gasteiger partial charge in [0.2, 0.25) is 0 Å². The highest BCUT2D eigenvalue weighted by atomic mass is 32.2. The van der Waals surface area contributed by atoms with Gasteiger partial charge in [0, 0.05) is 18.0 Å². The van der Waals surface area contributed by atoms with Crippen LogP contribution in [-0.2, 0) is 14.8 Å². The van der Waals surface area contributed by atoms with Gasteiger partial charge in [-0.1, -0.05) is 6.92 Å². The van der Waals surface area contributed by atoms with E-state index < -0.39 is 21.9 Å². The van der Waals surface area contributed by atoms with Crippen LogP contribution in [0.2, 0.25) is 0 Å². The molecule has 0 saturated carbocycles. The molecule has 0 aromatic carbocycles. The van der Waals surface area contributed by atoms with Crippen molar-refractivity contribution in [2.24, 2.45) is 11.8 Å². The number of hydrogen-bond donors (Lipinski definition) is 1. The summed E-state index contributed by atoms with van der Waals surface area (Å²) < 4.78 is 26.2. The highest BCUT2D eigenvalue weighted by molar-refractivity contribution is 7.91. The summed E-state index contributed by atoms with van der Waals surface area (Å²) in [5.74, 6) is -1.69. The second-order valence-electron chi connectivity index (χ2n) is 4.61. The molecule has 0 bridgehead atoms. The Hall–Kier alpha value is -0.920. The first-order chi connectivity index (χ1) is 8.32. The summed E-state index contributed by atoms with van der Waals surface area (Å²) in [7, 11) is -3.53. The van der Waals surface area contributed by atoms with Crippen LogP contribution in [0.4, 0.5) is 0 Å². The number of rotatable bonds is 3. The van der Waals surface area contributed by atoms with Crippen LogP contribution in [0, 0.1) is 18.8 Å². The van der Waals surface area contributed by atoms with Crippen molar-refractivity contribution < 1.29 is 18.3 Å². The van der Waals surface area contributed by atoms with Gasteiger partial charge < -0.3 is 5.11 Å². The molecule has 7 heteroatoms. The SMILES string of the molecule is Cc1ccc(S(=O)(=O)N2CC(C)C(C(=O)O)C2)s1. The van der Waals surface area contributed by atoms with E-state index in [-0.39, 0.29) is 19.0 Å². The molecule has 1 aromatic heterocycles. The Balaban J connectivity index is 2.26. The number of hydrogen-bond acceptors (Lipinski definition) is 4. The molecule has 100 valence electrons. The van der Waals surface area contributed by atoms with Crippen molar-refractivity contribution in [3.05, 3.63) is 17.0 Å². The van der Waals surface area contributed by atoms with Crippen LogP contribution in [0.5, 0.6) is 0 Å². The molecule has 1 aromatic rings. The fraction of sp³-hybridized carbons (Fsp3) is 0.545. The number of sulfonamides is 1. The third-order valence-corrected chi connectivity index (χ3v) is 6.51.